The van der Waals surface area contributed by atoms with E-state index in [4.69, 9.17) is 4.74 Å². The smallest absolute Gasteiger partial charge is 0.150 e. The number of benzene rings is 1. The lowest BCUT2D eigenvalue weighted by Crippen LogP contribution is -1.93. The first kappa shape index (κ1) is 12.0. The van der Waals surface area contributed by atoms with Crippen LogP contribution in [0.3, 0.4) is 0 Å². The molecular weight excluding hydrogens is 262 g/mol. The van der Waals surface area contributed by atoms with Gasteiger partial charge < -0.3 is 9.14 Å². The zero-order chi connectivity index (χ0) is 14.2. The van der Waals surface area contributed by atoms with Crippen molar-refractivity contribution in [2.45, 2.75) is 18.8 Å². The highest BCUT2D eigenvalue weighted by atomic mass is 16.5. The third-order valence-electron chi connectivity index (χ3n) is 3.75. The van der Waals surface area contributed by atoms with Crippen molar-refractivity contribution in [3.63, 3.8) is 0 Å². The second kappa shape index (κ2) is 4.64. The van der Waals surface area contributed by atoms with Gasteiger partial charge in [-0.3, -0.25) is 0 Å². The molecule has 4 rings (SSSR count). The Kier molecular flexibility index (Phi) is 2.65. The van der Waals surface area contributed by atoms with Gasteiger partial charge in [-0.1, -0.05) is 12.1 Å². The highest BCUT2D eigenvalue weighted by molar-refractivity contribution is 5.54. The number of aromatic nitrogens is 2. The van der Waals surface area contributed by atoms with Crippen LogP contribution >= 0.6 is 0 Å². The number of ether oxygens (including phenoxy) is 1. The molecular formula is C17H13N3O. The lowest BCUT2D eigenvalue weighted by atomic mass is 10.1. The van der Waals surface area contributed by atoms with Gasteiger partial charge in [0.05, 0.1) is 0 Å². The SMILES string of the molecule is N#Cc1cn2ccnc2cc1Oc1cccc(C2CC2)c1. The van der Waals surface area contributed by atoms with E-state index in [9.17, 15) is 5.26 Å². The van der Waals surface area contributed by atoms with E-state index in [0.29, 0.717) is 17.2 Å². The van der Waals surface area contributed by atoms with Crippen molar-refractivity contribution >= 4 is 5.65 Å². The van der Waals surface area contributed by atoms with Gasteiger partial charge in [0.25, 0.3) is 0 Å². The van der Waals surface area contributed by atoms with Gasteiger partial charge >= 0.3 is 0 Å². The number of nitrogens with zero attached hydrogens (tertiary/aromatic N) is 3. The van der Waals surface area contributed by atoms with Crippen LogP contribution < -0.4 is 4.74 Å². The van der Waals surface area contributed by atoms with Gasteiger partial charge in [-0.15, -0.1) is 0 Å². The molecule has 0 amide bonds. The molecule has 0 saturated heterocycles. The molecule has 0 atom stereocenters. The Labute approximate surface area is 122 Å². The maximum atomic E-state index is 9.28. The summed E-state index contributed by atoms with van der Waals surface area (Å²) in [4.78, 5) is 4.23. The minimum absolute atomic E-state index is 0.498. The summed E-state index contributed by atoms with van der Waals surface area (Å²) < 4.78 is 7.73. The molecule has 2 aromatic heterocycles. The minimum Gasteiger partial charge on any atom is -0.456 e. The highest BCUT2D eigenvalue weighted by Gasteiger charge is 2.23. The van der Waals surface area contributed by atoms with Crippen LogP contribution in [0.2, 0.25) is 0 Å². The Hall–Kier alpha value is -2.80. The summed E-state index contributed by atoms with van der Waals surface area (Å²) >= 11 is 0. The van der Waals surface area contributed by atoms with Crippen LogP contribution in [0.1, 0.15) is 29.9 Å². The van der Waals surface area contributed by atoms with Crippen LogP contribution in [0.4, 0.5) is 0 Å². The monoisotopic (exact) mass is 275 g/mol. The fourth-order valence-electron chi connectivity index (χ4n) is 2.49. The average Bonchev–Trinajstić information content (AvgIpc) is 3.26. The van der Waals surface area contributed by atoms with Crippen LogP contribution in [0.15, 0.2) is 48.9 Å². The molecule has 3 aromatic rings. The van der Waals surface area contributed by atoms with E-state index in [2.05, 4.69) is 23.2 Å². The predicted octanol–water partition coefficient (Wildman–Crippen LogP) is 3.88. The van der Waals surface area contributed by atoms with Gasteiger partial charge in [0, 0.05) is 24.7 Å². The molecule has 1 aliphatic carbocycles. The highest BCUT2D eigenvalue weighted by Crippen LogP contribution is 2.41. The largest absolute Gasteiger partial charge is 0.456 e. The molecule has 0 bridgehead atoms. The molecule has 1 aliphatic rings. The molecule has 0 aliphatic heterocycles. The first-order valence-corrected chi connectivity index (χ1v) is 6.98. The van der Waals surface area contributed by atoms with E-state index >= 15 is 0 Å². The van der Waals surface area contributed by atoms with Gasteiger partial charge in [-0.05, 0) is 36.5 Å². The number of hydrogen-bond acceptors (Lipinski definition) is 3. The standard InChI is InChI=1S/C17H13N3O/c18-10-14-11-20-7-6-19-17(20)9-16(14)21-15-3-1-2-13(8-15)12-4-5-12/h1-3,6-9,11-12H,4-5H2. The van der Waals surface area contributed by atoms with Crippen molar-refractivity contribution in [3.8, 4) is 17.6 Å². The maximum absolute atomic E-state index is 9.28. The number of pyridine rings is 1. The van der Waals surface area contributed by atoms with E-state index in [0.717, 1.165) is 11.4 Å². The summed E-state index contributed by atoms with van der Waals surface area (Å²) in [6.07, 6.45) is 7.77. The molecule has 0 unspecified atom stereocenters. The molecule has 4 nitrogen and oxygen atoms in total. The van der Waals surface area contributed by atoms with Crippen molar-refractivity contribution < 1.29 is 4.74 Å². The van der Waals surface area contributed by atoms with Gasteiger partial charge in [-0.25, -0.2) is 4.98 Å². The Bertz CT molecular complexity index is 856. The number of hydrogen-bond donors (Lipinski definition) is 0. The molecule has 1 fully saturated rings. The molecule has 1 aromatic carbocycles. The van der Waals surface area contributed by atoms with Crippen LogP contribution in [0.25, 0.3) is 5.65 Å². The molecule has 21 heavy (non-hydrogen) atoms. The van der Waals surface area contributed by atoms with E-state index in [-0.39, 0.29) is 0 Å². The maximum Gasteiger partial charge on any atom is 0.150 e. The summed E-state index contributed by atoms with van der Waals surface area (Å²) in [6, 6.07) is 12.1. The Morgan fingerprint density at radius 3 is 3.00 bits per heavy atom. The lowest BCUT2D eigenvalue weighted by molar-refractivity contribution is 0.480. The molecule has 4 heteroatoms. The summed E-state index contributed by atoms with van der Waals surface area (Å²) in [7, 11) is 0. The van der Waals surface area contributed by atoms with Crippen molar-refractivity contribution in [3.05, 3.63) is 60.0 Å². The van der Waals surface area contributed by atoms with Gasteiger partial charge in [0.2, 0.25) is 0 Å². The Balaban J connectivity index is 1.72. The van der Waals surface area contributed by atoms with Crippen molar-refractivity contribution in [1.29, 1.82) is 5.26 Å². The van der Waals surface area contributed by atoms with Crippen LogP contribution in [-0.4, -0.2) is 9.38 Å². The van der Waals surface area contributed by atoms with Crippen molar-refractivity contribution in [2.24, 2.45) is 0 Å². The van der Waals surface area contributed by atoms with E-state index in [1.165, 1.54) is 18.4 Å². The molecule has 0 N–H and O–H groups in total. The zero-order valence-corrected chi connectivity index (χ0v) is 11.4. The van der Waals surface area contributed by atoms with E-state index < -0.39 is 0 Å². The fourth-order valence-corrected chi connectivity index (χ4v) is 2.49. The van der Waals surface area contributed by atoms with Crippen LogP contribution in [0, 0.1) is 11.3 Å². The second-order valence-electron chi connectivity index (χ2n) is 5.30. The fraction of sp³-hybridized carbons (Fsp3) is 0.176. The van der Waals surface area contributed by atoms with Crippen LogP contribution in [0.5, 0.6) is 11.5 Å². The van der Waals surface area contributed by atoms with Crippen molar-refractivity contribution in [1.82, 2.24) is 9.38 Å². The normalized spacial score (nSPS) is 14.0. The van der Waals surface area contributed by atoms with E-state index in [1.54, 1.807) is 18.5 Å². The summed E-state index contributed by atoms with van der Waals surface area (Å²) in [5.41, 5.74) is 2.58. The summed E-state index contributed by atoms with van der Waals surface area (Å²) in [5, 5.41) is 9.28. The number of rotatable bonds is 3. The number of fused-ring (bicyclic) bond motifs is 1. The molecule has 102 valence electrons. The second-order valence-corrected chi connectivity index (χ2v) is 5.30. The Morgan fingerprint density at radius 2 is 2.19 bits per heavy atom. The zero-order valence-electron chi connectivity index (χ0n) is 11.4. The Morgan fingerprint density at radius 1 is 1.29 bits per heavy atom. The first-order chi connectivity index (χ1) is 10.3. The lowest BCUT2D eigenvalue weighted by Gasteiger charge is -2.09. The molecule has 1 saturated carbocycles. The minimum atomic E-state index is 0.498. The average molecular weight is 275 g/mol. The van der Waals surface area contributed by atoms with Crippen LogP contribution in [-0.2, 0) is 0 Å². The van der Waals surface area contributed by atoms with E-state index in [1.807, 2.05) is 22.7 Å². The van der Waals surface area contributed by atoms with Crippen molar-refractivity contribution in [2.75, 3.05) is 0 Å². The van der Waals surface area contributed by atoms with Gasteiger partial charge in [0.1, 0.15) is 28.8 Å². The first-order valence-electron chi connectivity index (χ1n) is 6.98. The summed E-state index contributed by atoms with van der Waals surface area (Å²) in [5.74, 6) is 2.00. The molecule has 2 heterocycles. The quantitative estimate of drug-likeness (QED) is 0.729. The predicted molar refractivity (Wildman–Crippen MR) is 78.4 cm³/mol. The number of nitriles is 1. The molecule has 0 radical (unpaired) electrons. The number of imidazole rings is 1. The summed E-state index contributed by atoms with van der Waals surface area (Å²) in [6.45, 7) is 0. The topological polar surface area (TPSA) is 50.3 Å². The third-order valence-corrected chi connectivity index (χ3v) is 3.75. The van der Waals surface area contributed by atoms with Gasteiger partial charge in [-0.2, -0.15) is 5.26 Å². The molecule has 0 spiro atoms. The third kappa shape index (κ3) is 2.23. The van der Waals surface area contributed by atoms with Gasteiger partial charge in [0.15, 0.2) is 0 Å².